The highest BCUT2D eigenvalue weighted by Crippen LogP contribution is 2.08. The molecule has 0 saturated heterocycles. The number of phenols is 2. The molecule has 4 N–H and O–H groups in total. The number of carbonyl (C=O) groups is 1. The minimum Gasteiger partial charge on any atom is -0.508 e. The van der Waals surface area contributed by atoms with Crippen LogP contribution in [0.5, 0.6) is 11.5 Å². The van der Waals surface area contributed by atoms with Crippen molar-refractivity contribution in [2.75, 3.05) is 0 Å². The Morgan fingerprint density at radius 2 is 1.14 bits per heavy atom. The molecule has 2 aromatic rings. The van der Waals surface area contributed by atoms with E-state index in [0.29, 0.717) is 0 Å². The van der Waals surface area contributed by atoms with Crippen molar-refractivity contribution < 1.29 is 15.0 Å². The fraction of sp³-hybridized carbons (Fsp3) is 0. The number of carbonyl (C=O) groups excluding carboxylic acids is 1. The van der Waals surface area contributed by atoms with Crippen molar-refractivity contribution in [1.82, 2.24) is 10.9 Å². The summed E-state index contributed by atoms with van der Waals surface area (Å²) in [6.45, 7) is 0. The molecule has 0 bridgehead atoms. The zero-order valence-electron chi connectivity index (χ0n) is 11.5. The van der Waals surface area contributed by atoms with Gasteiger partial charge >= 0.3 is 6.03 Å². The van der Waals surface area contributed by atoms with E-state index in [2.05, 4.69) is 21.1 Å². The smallest absolute Gasteiger partial charge is 0.355 e. The Morgan fingerprint density at radius 3 is 1.50 bits per heavy atom. The maximum Gasteiger partial charge on any atom is 0.355 e. The second-order valence-corrected chi connectivity index (χ2v) is 4.25. The molecule has 2 aromatic carbocycles. The second-order valence-electron chi connectivity index (χ2n) is 4.25. The normalized spacial score (nSPS) is 10.9. The molecule has 0 saturated carbocycles. The number of phenolic OH excluding ortho intramolecular Hbond substituents is 2. The lowest BCUT2D eigenvalue weighted by atomic mass is 10.2. The van der Waals surface area contributed by atoms with Gasteiger partial charge < -0.3 is 10.2 Å². The summed E-state index contributed by atoms with van der Waals surface area (Å²) in [5.41, 5.74) is 5.94. The molecule has 0 aliphatic carbocycles. The molecule has 22 heavy (non-hydrogen) atoms. The second kappa shape index (κ2) is 7.44. The molecule has 7 nitrogen and oxygen atoms in total. The lowest BCUT2D eigenvalue weighted by Gasteiger charge is -1.98. The van der Waals surface area contributed by atoms with Crippen LogP contribution in [-0.2, 0) is 0 Å². The van der Waals surface area contributed by atoms with Crippen LogP contribution in [-0.4, -0.2) is 28.7 Å². The van der Waals surface area contributed by atoms with Gasteiger partial charge in [0, 0.05) is 0 Å². The quantitative estimate of drug-likeness (QED) is 0.510. The lowest BCUT2D eigenvalue weighted by Crippen LogP contribution is -2.28. The van der Waals surface area contributed by atoms with E-state index >= 15 is 0 Å². The first-order valence-electron chi connectivity index (χ1n) is 6.34. The van der Waals surface area contributed by atoms with E-state index in [-0.39, 0.29) is 11.5 Å². The summed E-state index contributed by atoms with van der Waals surface area (Å²) in [6.07, 6.45) is 2.87. The molecule has 0 spiro atoms. The van der Waals surface area contributed by atoms with Gasteiger partial charge in [-0.15, -0.1) is 0 Å². The third-order valence-corrected chi connectivity index (χ3v) is 2.55. The molecule has 0 aliphatic rings. The summed E-state index contributed by atoms with van der Waals surface area (Å²) in [6, 6.07) is 12.1. The predicted molar refractivity (Wildman–Crippen MR) is 83.1 cm³/mol. The minimum absolute atomic E-state index is 0.159. The summed E-state index contributed by atoms with van der Waals surface area (Å²) >= 11 is 0. The van der Waals surface area contributed by atoms with Gasteiger partial charge in [0.2, 0.25) is 0 Å². The molecule has 112 valence electrons. The predicted octanol–water partition coefficient (Wildman–Crippen LogP) is 1.76. The van der Waals surface area contributed by atoms with Gasteiger partial charge in [-0.1, -0.05) is 0 Å². The van der Waals surface area contributed by atoms with Crippen LogP contribution >= 0.6 is 0 Å². The fourth-order valence-corrected chi connectivity index (χ4v) is 1.48. The number of nitrogens with zero attached hydrogens (tertiary/aromatic N) is 2. The van der Waals surface area contributed by atoms with Gasteiger partial charge in [0.1, 0.15) is 11.5 Å². The summed E-state index contributed by atoms with van der Waals surface area (Å²) < 4.78 is 0. The third-order valence-electron chi connectivity index (χ3n) is 2.55. The van der Waals surface area contributed by atoms with Crippen molar-refractivity contribution in [2.24, 2.45) is 10.2 Å². The van der Waals surface area contributed by atoms with Crippen molar-refractivity contribution in [1.29, 1.82) is 0 Å². The SMILES string of the molecule is O=C(NN=Cc1ccc(O)cc1)NN=Cc1ccc(O)cc1. The van der Waals surface area contributed by atoms with E-state index in [1.807, 2.05) is 0 Å². The zero-order valence-corrected chi connectivity index (χ0v) is 11.5. The van der Waals surface area contributed by atoms with Crippen molar-refractivity contribution in [2.45, 2.75) is 0 Å². The molecular formula is C15H14N4O3. The molecule has 2 amide bonds. The van der Waals surface area contributed by atoms with E-state index in [0.717, 1.165) is 11.1 Å². The highest BCUT2D eigenvalue weighted by molar-refractivity contribution is 5.83. The van der Waals surface area contributed by atoms with E-state index < -0.39 is 6.03 Å². The van der Waals surface area contributed by atoms with Crippen LogP contribution in [0.2, 0.25) is 0 Å². The summed E-state index contributed by atoms with van der Waals surface area (Å²) in [4.78, 5) is 11.4. The number of rotatable bonds is 4. The Labute approximate surface area is 126 Å². The van der Waals surface area contributed by atoms with Crippen molar-refractivity contribution in [3.8, 4) is 11.5 Å². The Hall–Kier alpha value is -3.35. The molecular weight excluding hydrogens is 284 g/mol. The van der Waals surface area contributed by atoms with Gasteiger partial charge in [0.15, 0.2) is 0 Å². The first-order chi connectivity index (χ1) is 10.6. The van der Waals surface area contributed by atoms with Crippen LogP contribution in [0, 0.1) is 0 Å². The average molecular weight is 298 g/mol. The van der Waals surface area contributed by atoms with Gasteiger partial charge in [0.05, 0.1) is 12.4 Å². The minimum atomic E-state index is -0.593. The highest BCUT2D eigenvalue weighted by Gasteiger charge is 1.95. The summed E-state index contributed by atoms with van der Waals surface area (Å²) in [7, 11) is 0. The zero-order chi connectivity index (χ0) is 15.8. The van der Waals surface area contributed by atoms with Gasteiger partial charge in [-0.25, -0.2) is 15.6 Å². The number of benzene rings is 2. The summed E-state index contributed by atoms with van der Waals surface area (Å²) in [5, 5.41) is 25.7. The number of urea groups is 1. The number of aromatic hydroxyl groups is 2. The molecule has 0 atom stereocenters. The van der Waals surface area contributed by atoms with E-state index in [4.69, 9.17) is 10.2 Å². The molecule has 2 rings (SSSR count). The number of hydrogen-bond donors (Lipinski definition) is 4. The largest absolute Gasteiger partial charge is 0.508 e. The van der Waals surface area contributed by atoms with E-state index in [1.165, 1.54) is 36.7 Å². The van der Waals surface area contributed by atoms with Gasteiger partial charge in [-0.2, -0.15) is 10.2 Å². The van der Waals surface area contributed by atoms with Crippen molar-refractivity contribution in [3.05, 3.63) is 59.7 Å². The third kappa shape index (κ3) is 4.97. The van der Waals surface area contributed by atoms with Crippen molar-refractivity contribution in [3.63, 3.8) is 0 Å². The topological polar surface area (TPSA) is 106 Å². The maximum atomic E-state index is 11.4. The standard InChI is InChI=1S/C15H14N4O3/c20-13-5-1-11(2-6-13)9-16-18-15(22)19-17-10-12-3-7-14(21)8-4-12/h1-10,20-21H,(H2,18,19,22). The number of amides is 2. The first-order valence-corrected chi connectivity index (χ1v) is 6.34. The maximum absolute atomic E-state index is 11.4. The van der Waals surface area contributed by atoms with Crippen LogP contribution in [0.3, 0.4) is 0 Å². The van der Waals surface area contributed by atoms with Gasteiger partial charge in [-0.05, 0) is 59.7 Å². The van der Waals surface area contributed by atoms with E-state index in [9.17, 15) is 4.79 Å². The molecule has 7 heteroatoms. The highest BCUT2D eigenvalue weighted by atomic mass is 16.3. The molecule has 0 aromatic heterocycles. The molecule has 0 aliphatic heterocycles. The lowest BCUT2D eigenvalue weighted by molar-refractivity contribution is 0.242. The van der Waals surface area contributed by atoms with Crippen molar-refractivity contribution >= 4 is 18.5 Å². The van der Waals surface area contributed by atoms with Crippen LogP contribution in [0.25, 0.3) is 0 Å². The average Bonchev–Trinajstić information content (AvgIpc) is 2.51. The monoisotopic (exact) mass is 298 g/mol. The van der Waals surface area contributed by atoms with Gasteiger partial charge in [-0.3, -0.25) is 0 Å². The Balaban J connectivity index is 1.78. The molecule has 0 fully saturated rings. The number of nitrogens with one attached hydrogen (secondary N) is 2. The fourth-order valence-electron chi connectivity index (χ4n) is 1.48. The van der Waals surface area contributed by atoms with Crippen LogP contribution in [0.1, 0.15) is 11.1 Å². The van der Waals surface area contributed by atoms with Gasteiger partial charge in [0.25, 0.3) is 0 Å². The Morgan fingerprint density at radius 1 is 0.773 bits per heavy atom. The Kier molecular flexibility index (Phi) is 5.09. The first kappa shape index (κ1) is 15.0. The number of hydrazone groups is 2. The van der Waals surface area contributed by atoms with Crippen LogP contribution in [0.15, 0.2) is 58.7 Å². The van der Waals surface area contributed by atoms with E-state index in [1.54, 1.807) is 24.3 Å². The summed E-state index contributed by atoms with van der Waals surface area (Å²) in [5.74, 6) is 0.317. The molecule has 0 radical (unpaired) electrons. The Bertz CT molecular complexity index is 619. The van der Waals surface area contributed by atoms with Crippen LogP contribution < -0.4 is 10.9 Å². The molecule has 0 heterocycles. The molecule has 0 unspecified atom stereocenters. The number of hydrogen-bond acceptors (Lipinski definition) is 5. The van der Waals surface area contributed by atoms with Crippen LogP contribution in [0.4, 0.5) is 4.79 Å².